The molecule has 0 saturated carbocycles. The van der Waals surface area contributed by atoms with E-state index >= 15 is 0 Å². The molecule has 0 unspecified atom stereocenters. The van der Waals surface area contributed by atoms with Gasteiger partial charge in [0.05, 0.1) is 10.7 Å². The molecule has 0 aliphatic carbocycles. The van der Waals surface area contributed by atoms with Crippen LogP contribution in [0.1, 0.15) is 5.56 Å². The molecule has 0 fully saturated rings. The summed E-state index contributed by atoms with van der Waals surface area (Å²) in [5, 5.41) is 22.6. The van der Waals surface area contributed by atoms with Crippen molar-refractivity contribution in [2.24, 2.45) is 7.05 Å². The quantitative estimate of drug-likeness (QED) is 0.233. The molecule has 1 aromatic heterocycles. The number of aryl methyl sites for hydroxylation is 1. The van der Waals surface area contributed by atoms with Crippen LogP contribution in [-0.4, -0.2) is 31.3 Å². The van der Waals surface area contributed by atoms with Gasteiger partial charge in [-0.05, 0) is 53.3 Å². The molecule has 2 aromatic carbocycles. The summed E-state index contributed by atoms with van der Waals surface area (Å²) < 4.78 is 2.82. The van der Waals surface area contributed by atoms with Crippen molar-refractivity contribution in [2.45, 2.75) is 12.1 Å². The predicted octanol–water partition coefficient (Wildman–Crippen LogP) is 4.03. The summed E-state index contributed by atoms with van der Waals surface area (Å²) in [6.45, 7) is 1.94. The Labute approximate surface area is 179 Å². The van der Waals surface area contributed by atoms with E-state index in [0.29, 0.717) is 16.5 Å². The minimum absolute atomic E-state index is 0.0121. The lowest BCUT2D eigenvalue weighted by molar-refractivity contribution is -0.384. The second-order valence-electron chi connectivity index (χ2n) is 5.97. The number of nitro benzene ring substituents is 1. The summed E-state index contributed by atoms with van der Waals surface area (Å²) in [4.78, 5) is 22.8. The zero-order valence-electron chi connectivity index (χ0n) is 15.0. The number of amides is 1. The number of hydrogen-bond donors (Lipinski definition) is 1. The fourth-order valence-corrected chi connectivity index (χ4v) is 3.89. The van der Waals surface area contributed by atoms with Gasteiger partial charge in [0.1, 0.15) is 0 Å². The van der Waals surface area contributed by atoms with Crippen LogP contribution in [0.3, 0.4) is 0 Å². The van der Waals surface area contributed by atoms with Crippen LogP contribution in [-0.2, 0) is 11.8 Å². The number of aromatic nitrogens is 3. The third-order valence-electron chi connectivity index (χ3n) is 3.94. The maximum absolute atomic E-state index is 12.3. The first kappa shape index (κ1) is 20.3. The molecule has 0 radical (unpaired) electrons. The molecule has 28 heavy (non-hydrogen) atoms. The zero-order valence-corrected chi connectivity index (χ0v) is 18.0. The van der Waals surface area contributed by atoms with Gasteiger partial charge in [0, 0.05) is 34.0 Å². The molecular weight excluding hydrogens is 493 g/mol. The maximum Gasteiger partial charge on any atom is 0.270 e. The molecule has 0 atom stereocenters. The van der Waals surface area contributed by atoms with Crippen LogP contribution in [0.25, 0.3) is 11.4 Å². The first-order chi connectivity index (χ1) is 13.3. The van der Waals surface area contributed by atoms with Crippen molar-refractivity contribution >= 4 is 51.6 Å². The van der Waals surface area contributed by atoms with Crippen molar-refractivity contribution < 1.29 is 9.72 Å². The zero-order chi connectivity index (χ0) is 20.3. The molecule has 1 N–H and O–H groups in total. The highest BCUT2D eigenvalue weighted by Crippen LogP contribution is 2.26. The van der Waals surface area contributed by atoms with Gasteiger partial charge in [-0.2, -0.15) is 0 Å². The van der Waals surface area contributed by atoms with Crippen LogP contribution >= 0.6 is 34.4 Å². The van der Waals surface area contributed by atoms with Crippen LogP contribution in [0.2, 0.25) is 0 Å². The second-order valence-corrected chi connectivity index (χ2v) is 8.16. The van der Waals surface area contributed by atoms with Gasteiger partial charge >= 0.3 is 0 Å². The van der Waals surface area contributed by atoms with Crippen molar-refractivity contribution in [3.05, 3.63) is 61.7 Å². The number of nitrogens with zero attached hydrogens (tertiary/aromatic N) is 4. The topological polar surface area (TPSA) is 103 Å². The highest BCUT2D eigenvalue weighted by Gasteiger charge is 2.15. The number of nitro groups is 1. The van der Waals surface area contributed by atoms with E-state index < -0.39 is 4.92 Å². The molecule has 3 rings (SSSR count). The Kier molecular flexibility index (Phi) is 6.29. The minimum Gasteiger partial charge on any atom is -0.325 e. The molecule has 1 amide bonds. The number of halogens is 1. The Balaban J connectivity index is 1.68. The molecule has 0 aliphatic heterocycles. The maximum atomic E-state index is 12.3. The Morgan fingerprint density at radius 2 is 2.07 bits per heavy atom. The van der Waals surface area contributed by atoms with Gasteiger partial charge in [-0.15, -0.1) is 10.2 Å². The average Bonchev–Trinajstić information content (AvgIpc) is 3.03. The lowest BCUT2D eigenvalue weighted by Crippen LogP contribution is -2.15. The van der Waals surface area contributed by atoms with Crippen LogP contribution in [0.15, 0.2) is 47.6 Å². The van der Waals surface area contributed by atoms with Gasteiger partial charge in [-0.25, -0.2) is 0 Å². The van der Waals surface area contributed by atoms with Crippen LogP contribution in [0.4, 0.5) is 11.4 Å². The van der Waals surface area contributed by atoms with Gasteiger partial charge in [-0.1, -0.05) is 23.9 Å². The van der Waals surface area contributed by atoms with Gasteiger partial charge in [-0.3, -0.25) is 14.9 Å². The van der Waals surface area contributed by atoms with E-state index in [9.17, 15) is 14.9 Å². The van der Waals surface area contributed by atoms with E-state index in [0.717, 1.165) is 14.8 Å². The Bertz CT molecular complexity index is 1050. The molecule has 0 saturated heterocycles. The van der Waals surface area contributed by atoms with Crippen molar-refractivity contribution in [3.63, 3.8) is 0 Å². The molecular formula is C18H16IN5O3S. The number of nitrogens with one attached hydrogen (secondary N) is 1. The summed E-state index contributed by atoms with van der Waals surface area (Å²) in [5.74, 6) is 0.529. The van der Waals surface area contributed by atoms with E-state index in [1.807, 2.05) is 25.1 Å². The van der Waals surface area contributed by atoms with E-state index in [4.69, 9.17) is 0 Å². The normalized spacial score (nSPS) is 10.7. The lowest BCUT2D eigenvalue weighted by Gasteiger charge is -2.08. The Morgan fingerprint density at radius 1 is 1.29 bits per heavy atom. The summed E-state index contributed by atoms with van der Waals surface area (Å²) in [7, 11) is 1.76. The summed E-state index contributed by atoms with van der Waals surface area (Å²) in [5.41, 5.74) is 2.36. The van der Waals surface area contributed by atoms with Crippen molar-refractivity contribution in [1.29, 1.82) is 0 Å². The molecule has 0 spiro atoms. The fourth-order valence-electron chi connectivity index (χ4n) is 2.53. The molecule has 0 bridgehead atoms. The average molecular weight is 509 g/mol. The highest BCUT2D eigenvalue weighted by molar-refractivity contribution is 14.1. The molecule has 8 nitrogen and oxygen atoms in total. The number of non-ortho nitro benzene ring substituents is 1. The standard InChI is InChI=1S/C18H16IN5O3S/c1-11-8-13(19)6-7-15(11)20-16(25)10-28-18-22-21-17(23(18)2)12-4-3-5-14(9-12)24(26)27/h3-9H,10H2,1-2H3,(H,20,25). The van der Waals surface area contributed by atoms with E-state index in [-0.39, 0.29) is 17.3 Å². The van der Waals surface area contributed by atoms with Gasteiger partial charge in [0.25, 0.3) is 5.69 Å². The number of benzene rings is 2. The first-order valence-corrected chi connectivity index (χ1v) is 10.2. The molecule has 10 heteroatoms. The highest BCUT2D eigenvalue weighted by atomic mass is 127. The summed E-state index contributed by atoms with van der Waals surface area (Å²) in [6, 6.07) is 12.0. The fraction of sp³-hybridized carbons (Fsp3) is 0.167. The third kappa shape index (κ3) is 4.68. The van der Waals surface area contributed by atoms with Crippen molar-refractivity contribution in [1.82, 2.24) is 14.8 Å². The number of carbonyl (C=O) groups excluding carboxylic acids is 1. The largest absolute Gasteiger partial charge is 0.325 e. The summed E-state index contributed by atoms with van der Waals surface area (Å²) in [6.07, 6.45) is 0. The molecule has 144 valence electrons. The number of rotatable bonds is 6. The number of anilines is 1. The molecule has 3 aromatic rings. The monoisotopic (exact) mass is 509 g/mol. The van der Waals surface area contributed by atoms with Gasteiger partial charge < -0.3 is 9.88 Å². The number of thioether (sulfide) groups is 1. The smallest absolute Gasteiger partial charge is 0.270 e. The lowest BCUT2D eigenvalue weighted by atomic mass is 10.2. The van der Waals surface area contributed by atoms with Crippen LogP contribution in [0, 0.1) is 20.6 Å². The molecule has 1 heterocycles. The predicted molar refractivity (Wildman–Crippen MR) is 116 cm³/mol. The Hall–Kier alpha value is -2.47. The first-order valence-electron chi connectivity index (χ1n) is 8.18. The third-order valence-corrected chi connectivity index (χ3v) is 5.64. The number of hydrogen-bond acceptors (Lipinski definition) is 6. The minimum atomic E-state index is -0.452. The summed E-state index contributed by atoms with van der Waals surface area (Å²) >= 11 is 3.48. The van der Waals surface area contributed by atoms with Crippen molar-refractivity contribution in [2.75, 3.05) is 11.1 Å². The van der Waals surface area contributed by atoms with Crippen molar-refractivity contribution in [3.8, 4) is 11.4 Å². The Morgan fingerprint density at radius 3 is 2.79 bits per heavy atom. The van der Waals surface area contributed by atoms with Gasteiger partial charge in [0.15, 0.2) is 11.0 Å². The van der Waals surface area contributed by atoms with Gasteiger partial charge in [0.2, 0.25) is 5.91 Å². The SMILES string of the molecule is Cc1cc(I)ccc1NC(=O)CSc1nnc(-c2cccc([N+](=O)[O-])c2)n1C. The van der Waals surface area contributed by atoms with Crippen LogP contribution in [0.5, 0.6) is 0 Å². The van der Waals surface area contributed by atoms with E-state index in [1.54, 1.807) is 23.7 Å². The van der Waals surface area contributed by atoms with Crippen LogP contribution < -0.4 is 5.32 Å². The van der Waals surface area contributed by atoms with E-state index in [1.165, 1.54) is 23.9 Å². The number of carbonyl (C=O) groups is 1. The molecule has 0 aliphatic rings. The van der Waals surface area contributed by atoms with E-state index in [2.05, 4.69) is 38.1 Å². The second kappa shape index (κ2) is 8.69.